The van der Waals surface area contributed by atoms with Gasteiger partial charge in [-0.2, -0.15) is 0 Å². The van der Waals surface area contributed by atoms with Crippen molar-refractivity contribution in [2.75, 3.05) is 19.6 Å². The molecule has 1 aliphatic rings. The molecule has 1 aromatic heterocycles. The first-order valence-corrected chi connectivity index (χ1v) is 15.5. The Bertz CT molecular complexity index is 1560. The minimum atomic E-state index is -1.59. The van der Waals surface area contributed by atoms with Crippen LogP contribution in [0.15, 0.2) is 101 Å². The molecule has 4 rings (SSSR count). The van der Waals surface area contributed by atoms with Crippen molar-refractivity contribution in [1.82, 2.24) is 20.5 Å². The predicted octanol–water partition coefficient (Wildman–Crippen LogP) is 4.96. The third kappa shape index (κ3) is 9.02. The molecule has 3 atom stereocenters. The minimum absolute atomic E-state index is 0.126. The number of halogens is 1. The Morgan fingerprint density at radius 3 is 2.61 bits per heavy atom. The van der Waals surface area contributed by atoms with Gasteiger partial charge in [-0.15, -0.1) is 0 Å². The van der Waals surface area contributed by atoms with Crippen molar-refractivity contribution >= 4 is 11.8 Å². The summed E-state index contributed by atoms with van der Waals surface area (Å²) in [5.74, 6) is -0.102. The predicted molar refractivity (Wildman–Crippen MR) is 177 cm³/mol. The van der Waals surface area contributed by atoms with Gasteiger partial charge in [-0.1, -0.05) is 49.1 Å². The van der Waals surface area contributed by atoms with E-state index < -0.39 is 23.7 Å². The number of rotatable bonds is 14. The SMILES string of the molecule is C=C/C(=C\C(=C/N)CNC[C@@H](O)[C@H](Cc1ccccc1)NC(=O)c1cccc(C(=O)N2CCC[C@@H]2c2nc(C)co2)c1)C(C)(C)F. The molecule has 46 heavy (non-hydrogen) atoms. The number of benzene rings is 2. The standard InChI is InChI=1S/C36H44FN5O4/c1-5-29(36(3,4)37)17-26(20-38)21-39-22-32(43)30(18-25-11-7-6-8-12-25)41-33(44)27-13-9-14-28(19-27)35(45)42-16-10-15-31(42)34-40-24(2)23-46-34/h5-9,11-14,17,19-20,23,30-32,39,43H,1,10,15-16,18,21-22,38H2,2-4H3,(H,41,44)/b26-20+,29-17+/t30-,31+,32+/m0/s1. The molecule has 2 aromatic carbocycles. The zero-order valence-electron chi connectivity index (χ0n) is 26.7. The van der Waals surface area contributed by atoms with Crippen LogP contribution in [0.1, 0.15) is 70.6 Å². The van der Waals surface area contributed by atoms with E-state index >= 15 is 0 Å². The molecule has 3 aromatic rings. The number of allylic oxidation sites excluding steroid dienone is 2. The monoisotopic (exact) mass is 629 g/mol. The fourth-order valence-corrected chi connectivity index (χ4v) is 5.49. The summed E-state index contributed by atoms with van der Waals surface area (Å²) in [5.41, 5.74) is 7.57. The van der Waals surface area contributed by atoms with Crippen LogP contribution in [0.4, 0.5) is 4.39 Å². The van der Waals surface area contributed by atoms with E-state index in [4.69, 9.17) is 10.2 Å². The van der Waals surface area contributed by atoms with Gasteiger partial charge in [-0.3, -0.25) is 9.59 Å². The van der Waals surface area contributed by atoms with Gasteiger partial charge in [0, 0.05) is 30.8 Å². The van der Waals surface area contributed by atoms with E-state index in [-0.39, 0.29) is 25.0 Å². The van der Waals surface area contributed by atoms with Gasteiger partial charge in [-0.05, 0) is 87.2 Å². The van der Waals surface area contributed by atoms with E-state index in [1.54, 1.807) is 41.5 Å². The van der Waals surface area contributed by atoms with Crippen molar-refractivity contribution in [3.05, 3.63) is 125 Å². The van der Waals surface area contributed by atoms with Gasteiger partial charge in [-0.25, -0.2) is 9.37 Å². The Hall–Kier alpha value is -4.54. The number of nitrogens with zero attached hydrogens (tertiary/aromatic N) is 2. The molecular weight excluding hydrogens is 585 g/mol. The number of hydrogen-bond acceptors (Lipinski definition) is 7. The number of carbonyl (C=O) groups is 2. The maximum atomic E-state index is 14.5. The lowest BCUT2D eigenvalue weighted by Crippen LogP contribution is -2.49. The smallest absolute Gasteiger partial charge is 0.254 e. The average Bonchev–Trinajstić information content (AvgIpc) is 3.71. The molecule has 244 valence electrons. The molecule has 2 heterocycles. The highest BCUT2D eigenvalue weighted by atomic mass is 19.1. The summed E-state index contributed by atoms with van der Waals surface area (Å²) in [6, 6.07) is 15.2. The van der Waals surface area contributed by atoms with Crippen LogP contribution in [0.25, 0.3) is 0 Å². The van der Waals surface area contributed by atoms with E-state index in [0.29, 0.717) is 41.1 Å². The Morgan fingerprint density at radius 1 is 1.22 bits per heavy atom. The molecule has 0 bridgehead atoms. The van der Waals surface area contributed by atoms with E-state index in [9.17, 15) is 19.1 Å². The normalized spacial score (nSPS) is 17.1. The topological polar surface area (TPSA) is 134 Å². The summed E-state index contributed by atoms with van der Waals surface area (Å²) >= 11 is 0. The molecule has 0 radical (unpaired) electrons. The van der Waals surface area contributed by atoms with Crippen LogP contribution in [0.2, 0.25) is 0 Å². The molecule has 9 nitrogen and oxygen atoms in total. The first-order chi connectivity index (χ1) is 22.0. The van der Waals surface area contributed by atoms with Crippen LogP contribution in [-0.2, 0) is 6.42 Å². The Balaban J connectivity index is 1.46. The number of likely N-dealkylation sites (tertiary alicyclic amines) is 1. The first-order valence-electron chi connectivity index (χ1n) is 15.5. The fourth-order valence-electron chi connectivity index (χ4n) is 5.49. The molecule has 0 spiro atoms. The van der Waals surface area contributed by atoms with E-state index in [1.165, 1.54) is 26.1 Å². The molecule has 1 fully saturated rings. The van der Waals surface area contributed by atoms with Crippen molar-refractivity contribution in [1.29, 1.82) is 0 Å². The van der Waals surface area contributed by atoms with Crippen LogP contribution in [-0.4, -0.2) is 64.3 Å². The van der Waals surface area contributed by atoms with Crippen LogP contribution in [0.3, 0.4) is 0 Å². The second-order valence-corrected chi connectivity index (χ2v) is 12.1. The Labute approximate surface area is 270 Å². The number of aliphatic hydroxyl groups excluding tert-OH is 1. The van der Waals surface area contributed by atoms with Gasteiger partial charge in [0.15, 0.2) is 0 Å². The molecule has 0 saturated carbocycles. The van der Waals surface area contributed by atoms with E-state index in [2.05, 4.69) is 22.2 Å². The van der Waals surface area contributed by atoms with E-state index in [0.717, 1.165) is 24.1 Å². The van der Waals surface area contributed by atoms with Crippen molar-refractivity contribution in [3.8, 4) is 0 Å². The van der Waals surface area contributed by atoms with Crippen LogP contribution < -0.4 is 16.4 Å². The maximum Gasteiger partial charge on any atom is 0.254 e. The highest BCUT2D eigenvalue weighted by Crippen LogP contribution is 2.32. The lowest BCUT2D eigenvalue weighted by molar-refractivity contribution is 0.0715. The molecule has 2 amide bonds. The van der Waals surface area contributed by atoms with Crippen LogP contribution in [0.5, 0.6) is 0 Å². The number of nitrogens with two attached hydrogens (primary N) is 1. The number of nitrogens with one attached hydrogen (secondary N) is 2. The summed E-state index contributed by atoms with van der Waals surface area (Å²) in [4.78, 5) is 33.3. The minimum Gasteiger partial charge on any atom is -0.446 e. The molecule has 0 aliphatic carbocycles. The van der Waals surface area contributed by atoms with E-state index in [1.807, 2.05) is 37.3 Å². The summed E-state index contributed by atoms with van der Waals surface area (Å²) in [5, 5.41) is 17.4. The fraction of sp³-hybridized carbons (Fsp3) is 0.361. The number of alkyl halides is 1. The summed E-state index contributed by atoms with van der Waals surface area (Å²) in [6.45, 7) is 9.37. The van der Waals surface area contributed by atoms with Crippen molar-refractivity contribution in [2.24, 2.45) is 5.73 Å². The second kappa shape index (κ2) is 15.6. The number of aryl methyl sites for hydroxylation is 1. The maximum absolute atomic E-state index is 14.5. The molecular formula is C36H44FN5O4. The van der Waals surface area contributed by atoms with Crippen molar-refractivity contribution in [2.45, 2.75) is 63.9 Å². The highest BCUT2D eigenvalue weighted by Gasteiger charge is 2.34. The number of carbonyl (C=O) groups excluding carboxylic acids is 2. The lowest BCUT2D eigenvalue weighted by atomic mass is 9.97. The number of aromatic nitrogens is 1. The third-order valence-corrected chi connectivity index (χ3v) is 8.03. The van der Waals surface area contributed by atoms with Gasteiger partial charge in [0.2, 0.25) is 5.89 Å². The first kappa shape index (κ1) is 34.3. The van der Waals surface area contributed by atoms with Gasteiger partial charge in [0.1, 0.15) is 18.0 Å². The summed E-state index contributed by atoms with van der Waals surface area (Å²) < 4.78 is 20.1. The van der Waals surface area contributed by atoms with Gasteiger partial charge < -0.3 is 30.8 Å². The highest BCUT2D eigenvalue weighted by molar-refractivity contribution is 6.00. The molecule has 5 N–H and O–H groups in total. The number of hydrogen-bond donors (Lipinski definition) is 4. The van der Waals surface area contributed by atoms with Crippen molar-refractivity contribution in [3.63, 3.8) is 0 Å². The summed E-state index contributed by atoms with van der Waals surface area (Å²) in [6.07, 6.45) is 7.00. The second-order valence-electron chi connectivity index (χ2n) is 12.1. The zero-order valence-corrected chi connectivity index (χ0v) is 26.7. The van der Waals surface area contributed by atoms with Gasteiger partial charge in [0.25, 0.3) is 11.8 Å². The molecule has 1 saturated heterocycles. The quantitative estimate of drug-likeness (QED) is 0.185. The lowest BCUT2D eigenvalue weighted by Gasteiger charge is -2.25. The summed E-state index contributed by atoms with van der Waals surface area (Å²) in [7, 11) is 0. The largest absolute Gasteiger partial charge is 0.446 e. The third-order valence-electron chi connectivity index (χ3n) is 8.03. The Kier molecular flexibility index (Phi) is 11.7. The molecule has 10 heteroatoms. The molecule has 1 aliphatic heterocycles. The number of amides is 2. The van der Waals surface area contributed by atoms with Gasteiger partial charge in [0.05, 0.1) is 17.8 Å². The number of aliphatic hydroxyl groups is 1. The van der Waals surface area contributed by atoms with Crippen molar-refractivity contribution < 1.29 is 23.5 Å². The van der Waals surface area contributed by atoms with Gasteiger partial charge >= 0.3 is 0 Å². The van der Waals surface area contributed by atoms with Crippen LogP contribution >= 0.6 is 0 Å². The molecule has 0 unspecified atom stereocenters. The number of oxazole rings is 1. The Morgan fingerprint density at radius 2 is 1.96 bits per heavy atom. The zero-order chi connectivity index (χ0) is 33.3. The van der Waals surface area contributed by atoms with Crippen LogP contribution in [0, 0.1) is 6.92 Å². The average molecular weight is 630 g/mol.